The smallest absolute Gasteiger partial charge is 0.290 e. The monoisotopic (exact) mass is 193 g/mol. The minimum absolute atomic E-state index is 0.310. The molecule has 1 aliphatic carbocycles. The van der Waals surface area contributed by atoms with Crippen molar-refractivity contribution < 1.29 is 9.90 Å². The molecule has 0 bridgehead atoms. The van der Waals surface area contributed by atoms with Crippen LogP contribution in [0.4, 0.5) is 0 Å². The van der Waals surface area contributed by atoms with Crippen LogP contribution < -0.4 is 5.23 Å². The van der Waals surface area contributed by atoms with Gasteiger partial charge in [0.1, 0.15) is 0 Å². The molecule has 2 unspecified atom stereocenters. The van der Waals surface area contributed by atoms with Crippen molar-refractivity contribution in [2.45, 2.75) is 37.8 Å². The third kappa shape index (κ3) is 3.13. The van der Waals surface area contributed by atoms with E-state index >= 15 is 0 Å². The fourth-order valence-electron chi connectivity index (χ4n) is 1.63. The van der Waals surface area contributed by atoms with Gasteiger partial charge in [-0.2, -0.15) is 5.26 Å². The summed E-state index contributed by atoms with van der Waals surface area (Å²) >= 11 is 0. The minimum atomic E-state index is -1.04. The second-order valence-corrected chi connectivity index (χ2v) is 3.68. The molecule has 1 aliphatic rings. The Bertz CT molecular complexity index is 225. The van der Waals surface area contributed by atoms with Gasteiger partial charge in [-0.1, -0.05) is 19.3 Å². The van der Waals surface area contributed by atoms with Crippen LogP contribution in [0.3, 0.4) is 0 Å². The number of rotatable bonds is 6. The van der Waals surface area contributed by atoms with E-state index in [1.165, 1.54) is 13.8 Å². The van der Waals surface area contributed by atoms with Gasteiger partial charge in [-0.15, -0.1) is 0 Å². The third-order valence-corrected chi connectivity index (χ3v) is 2.70. The Morgan fingerprint density at radius 3 is 2.86 bits per heavy atom. The number of hydrogen-bond donors (Lipinski definition) is 2. The van der Waals surface area contributed by atoms with Gasteiger partial charge in [-0.25, -0.2) is 0 Å². The van der Waals surface area contributed by atoms with Gasteiger partial charge in [0.2, 0.25) is 0 Å². The largest absolute Gasteiger partial charge is 0.377 e. The predicted octanol–water partition coefficient (Wildman–Crippen LogP) is -0.171. The zero-order valence-corrected chi connectivity index (χ0v) is 8.02. The van der Waals surface area contributed by atoms with Gasteiger partial charge in [-0.05, 0) is 12.3 Å². The number of aliphatic hydroxyl groups is 1. The molecule has 14 heavy (non-hydrogen) atoms. The summed E-state index contributed by atoms with van der Waals surface area (Å²) in [5.41, 5.74) is 0. The second kappa shape index (κ2) is 5.79. The Labute approximate surface area is 84.6 Å². The van der Waals surface area contributed by atoms with Gasteiger partial charge in [0, 0.05) is 6.04 Å². The SMILES string of the molecule is N#CC(O)C(CC1CCC1)N[B]C=O. The summed E-state index contributed by atoms with van der Waals surface area (Å²) in [6.45, 7) is 0. The molecule has 0 saturated heterocycles. The number of nitrogens with zero attached hydrogens (tertiary/aromatic N) is 1. The van der Waals surface area contributed by atoms with Crippen molar-refractivity contribution in [1.82, 2.24) is 5.23 Å². The van der Waals surface area contributed by atoms with E-state index in [0.717, 1.165) is 19.3 Å². The topological polar surface area (TPSA) is 73.1 Å². The maximum atomic E-state index is 10.1. The highest BCUT2D eigenvalue weighted by atomic mass is 16.3. The summed E-state index contributed by atoms with van der Waals surface area (Å²) in [6, 6.07) is 1.47. The van der Waals surface area contributed by atoms with Crippen molar-refractivity contribution in [3.05, 3.63) is 0 Å². The van der Waals surface area contributed by atoms with Gasteiger partial charge >= 0.3 is 0 Å². The van der Waals surface area contributed by atoms with Crippen LogP contribution in [0.1, 0.15) is 25.7 Å². The molecular weight excluding hydrogens is 179 g/mol. The Morgan fingerprint density at radius 2 is 2.43 bits per heavy atom. The number of carbonyl (C=O) groups is 1. The van der Waals surface area contributed by atoms with E-state index < -0.39 is 6.10 Å². The van der Waals surface area contributed by atoms with Crippen LogP contribution in [-0.2, 0) is 4.79 Å². The molecule has 75 valence electrons. The first-order chi connectivity index (χ1) is 6.77. The summed E-state index contributed by atoms with van der Waals surface area (Å²) in [5.74, 6) is 0.593. The quantitative estimate of drug-likeness (QED) is 0.349. The number of carbonyl (C=O) groups excluding carboxylic acids is 1. The van der Waals surface area contributed by atoms with Gasteiger partial charge < -0.3 is 15.1 Å². The van der Waals surface area contributed by atoms with Crippen molar-refractivity contribution in [2.75, 3.05) is 0 Å². The molecule has 2 atom stereocenters. The Kier molecular flexibility index (Phi) is 4.64. The first-order valence-electron chi connectivity index (χ1n) is 4.88. The molecule has 0 aliphatic heterocycles. The molecule has 4 nitrogen and oxygen atoms in total. The average molecular weight is 193 g/mol. The molecule has 0 aromatic carbocycles. The van der Waals surface area contributed by atoms with Crippen LogP contribution in [0.15, 0.2) is 0 Å². The van der Waals surface area contributed by atoms with Crippen LogP contribution in [-0.4, -0.2) is 30.9 Å². The Balaban J connectivity index is 2.34. The number of nitrogens with one attached hydrogen (secondary N) is 1. The minimum Gasteiger partial charge on any atom is -0.377 e. The molecule has 0 spiro atoms. The highest BCUT2D eigenvalue weighted by Gasteiger charge is 2.26. The molecule has 1 radical (unpaired) electrons. The van der Waals surface area contributed by atoms with Crippen molar-refractivity contribution >= 4 is 13.6 Å². The second-order valence-electron chi connectivity index (χ2n) is 3.68. The number of hydrogen-bond acceptors (Lipinski definition) is 4. The fourth-order valence-corrected chi connectivity index (χ4v) is 1.63. The van der Waals surface area contributed by atoms with E-state index in [1.54, 1.807) is 6.07 Å². The Hall–Kier alpha value is -0.855. The summed E-state index contributed by atoms with van der Waals surface area (Å²) in [5, 5.41) is 20.7. The van der Waals surface area contributed by atoms with E-state index in [9.17, 15) is 9.90 Å². The van der Waals surface area contributed by atoms with Crippen LogP contribution in [0.2, 0.25) is 0 Å². The number of nitriles is 1. The highest BCUT2D eigenvalue weighted by Crippen LogP contribution is 2.30. The van der Waals surface area contributed by atoms with E-state index in [2.05, 4.69) is 5.23 Å². The van der Waals surface area contributed by atoms with Gasteiger partial charge in [0.25, 0.3) is 7.41 Å². The first-order valence-corrected chi connectivity index (χ1v) is 4.88. The summed E-state index contributed by atoms with van der Waals surface area (Å²) < 4.78 is 0. The number of aliphatic hydroxyl groups excluding tert-OH is 1. The molecule has 5 heteroatoms. The predicted molar refractivity (Wildman–Crippen MR) is 53.0 cm³/mol. The van der Waals surface area contributed by atoms with Crippen molar-refractivity contribution in [3.63, 3.8) is 0 Å². The summed E-state index contributed by atoms with van der Waals surface area (Å²) in [7, 11) is 1.24. The molecule has 1 fully saturated rings. The van der Waals surface area contributed by atoms with Crippen LogP contribution in [0.25, 0.3) is 0 Å². The molecule has 2 N–H and O–H groups in total. The van der Waals surface area contributed by atoms with Crippen LogP contribution in [0, 0.1) is 17.2 Å². The molecule has 0 aromatic heterocycles. The molecular formula is C9H14BN2O2. The standard InChI is InChI=1S/C9H14BN2O2/c11-5-9(14)8(12-10-6-13)4-7-2-1-3-7/h6-9,12,14H,1-4H2. The van der Waals surface area contributed by atoms with Gasteiger partial charge in [0.15, 0.2) is 6.10 Å². The molecule has 0 aromatic rings. The van der Waals surface area contributed by atoms with Gasteiger partial charge in [-0.3, -0.25) is 0 Å². The molecule has 1 saturated carbocycles. The van der Waals surface area contributed by atoms with E-state index in [-0.39, 0.29) is 6.04 Å². The lowest BCUT2D eigenvalue weighted by Gasteiger charge is -2.30. The maximum Gasteiger partial charge on any atom is 0.290 e. The summed E-state index contributed by atoms with van der Waals surface area (Å²) in [4.78, 5) is 10.1. The first kappa shape index (κ1) is 11.2. The Morgan fingerprint density at radius 1 is 1.71 bits per heavy atom. The molecule has 1 rings (SSSR count). The normalized spacial score (nSPS) is 20.3. The zero-order valence-electron chi connectivity index (χ0n) is 8.02. The fraction of sp³-hybridized carbons (Fsp3) is 0.778. The van der Waals surface area contributed by atoms with Crippen molar-refractivity contribution in [1.29, 1.82) is 5.26 Å². The lowest BCUT2D eigenvalue weighted by molar-refractivity contribution is 0.155. The maximum absolute atomic E-state index is 10.1. The third-order valence-electron chi connectivity index (χ3n) is 2.70. The lowest BCUT2D eigenvalue weighted by atomic mass is 9.79. The van der Waals surface area contributed by atoms with E-state index in [0.29, 0.717) is 12.1 Å². The highest BCUT2D eigenvalue weighted by molar-refractivity contribution is 6.64. The van der Waals surface area contributed by atoms with E-state index in [1.807, 2.05) is 0 Å². The van der Waals surface area contributed by atoms with Crippen molar-refractivity contribution in [3.8, 4) is 6.07 Å². The van der Waals surface area contributed by atoms with Crippen LogP contribution in [0.5, 0.6) is 0 Å². The van der Waals surface area contributed by atoms with Gasteiger partial charge in [0.05, 0.1) is 12.3 Å². The van der Waals surface area contributed by atoms with Crippen molar-refractivity contribution in [2.24, 2.45) is 5.92 Å². The lowest BCUT2D eigenvalue weighted by Crippen LogP contribution is -2.43. The molecule has 0 amide bonds. The zero-order chi connectivity index (χ0) is 10.4. The van der Waals surface area contributed by atoms with E-state index in [4.69, 9.17) is 5.26 Å². The summed E-state index contributed by atoms with van der Waals surface area (Å²) in [6.07, 6.45) is 3.91. The molecule has 0 heterocycles. The average Bonchev–Trinajstić information content (AvgIpc) is 2.14. The van der Waals surface area contributed by atoms with Crippen LogP contribution >= 0.6 is 0 Å².